The molecule has 1 aliphatic heterocycles. The maximum atomic E-state index is 13.0. The molecule has 0 bridgehead atoms. The Kier molecular flexibility index (Phi) is 8.64. The lowest BCUT2D eigenvalue weighted by atomic mass is 10.1. The van der Waals surface area contributed by atoms with Crippen molar-refractivity contribution >= 4 is 63.5 Å². The van der Waals surface area contributed by atoms with Gasteiger partial charge in [0, 0.05) is 12.2 Å². The van der Waals surface area contributed by atoms with E-state index < -0.39 is 0 Å². The van der Waals surface area contributed by atoms with Gasteiger partial charge in [-0.05, 0) is 47.9 Å². The minimum Gasteiger partial charge on any atom is -0.493 e. The number of hydrogen-bond acceptors (Lipinski definition) is 6. The van der Waals surface area contributed by atoms with Crippen molar-refractivity contribution in [2.45, 2.75) is 6.42 Å². The van der Waals surface area contributed by atoms with Gasteiger partial charge in [0.2, 0.25) is 0 Å². The number of carbonyl (C=O) groups is 2. The quantitative estimate of drug-likeness (QED) is 0.274. The van der Waals surface area contributed by atoms with E-state index in [0.29, 0.717) is 39.2 Å². The molecule has 1 heterocycles. The fourth-order valence-corrected chi connectivity index (χ4v) is 5.13. The van der Waals surface area contributed by atoms with Gasteiger partial charge < -0.3 is 14.8 Å². The van der Waals surface area contributed by atoms with Crippen molar-refractivity contribution in [3.05, 3.63) is 93.9 Å². The van der Waals surface area contributed by atoms with Gasteiger partial charge in [-0.2, -0.15) is 0 Å². The minimum absolute atomic E-state index is 0.145. The van der Waals surface area contributed by atoms with Crippen molar-refractivity contribution in [1.82, 2.24) is 4.90 Å². The van der Waals surface area contributed by atoms with Crippen LogP contribution in [0.15, 0.2) is 77.7 Å². The summed E-state index contributed by atoms with van der Waals surface area (Å²) in [6.07, 6.45) is 2.44. The number of methoxy groups -OCH3 is 1. The molecule has 6 nitrogen and oxygen atoms in total. The number of thiocarbonyl (C=S) groups is 1. The Morgan fingerprint density at radius 2 is 1.81 bits per heavy atom. The molecule has 36 heavy (non-hydrogen) atoms. The number of ether oxygens (including phenoxy) is 2. The summed E-state index contributed by atoms with van der Waals surface area (Å²) >= 11 is 13.2. The summed E-state index contributed by atoms with van der Waals surface area (Å²) in [7, 11) is 1.48. The van der Waals surface area contributed by atoms with Crippen LogP contribution in [0.3, 0.4) is 0 Å². The molecule has 1 aliphatic rings. The van der Waals surface area contributed by atoms with E-state index in [1.54, 1.807) is 35.2 Å². The Morgan fingerprint density at radius 1 is 1.11 bits per heavy atom. The van der Waals surface area contributed by atoms with E-state index in [1.807, 2.05) is 48.5 Å². The number of halogens is 1. The highest BCUT2D eigenvalue weighted by Crippen LogP contribution is 2.39. The van der Waals surface area contributed by atoms with Gasteiger partial charge in [0.1, 0.15) is 4.32 Å². The second-order valence-electron chi connectivity index (χ2n) is 7.81. The zero-order chi connectivity index (χ0) is 25.5. The first-order valence-electron chi connectivity index (χ1n) is 11.1. The van der Waals surface area contributed by atoms with Crippen LogP contribution in [0.2, 0.25) is 5.02 Å². The summed E-state index contributed by atoms with van der Waals surface area (Å²) < 4.78 is 11.6. The Labute approximate surface area is 224 Å². The molecule has 0 aliphatic carbocycles. The number of para-hydroxylation sites is 1. The van der Waals surface area contributed by atoms with E-state index in [9.17, 15) is 9.59 Å². The van der Waals surface area contributed by atoms with Crippen LogP contribution in [0.25, 0.3) is 6.08 Å². The van der Waals surface area contributed by atoms with E-state index in [-0.39, 0.29) is 29.2 Å². The van der Waals surface area contributed by atoms with Crippen molar-refractivity contribution in [3.63, 3.8) is 0 Å². The van der Waals surface area contributed by atoms with Gasteiger partial charge in [0.15, 0.2) is 18.1 Å². The molecule has 4 rings (SSSR count). The lowest BCUT2D eigenvalue weighted by Gasteiger charge is -2.14. The number of rotatable bonds is 9. The minimum atomic E-state index is -0.331. The normalized spacial score (nSPS) is 14.3. The summed E-state index contributed by atoms with van der Waals surface area (Å²) in [4.78, 5) is 27.4. The molecule has 0 unspecified atom stereocenters. The Morgan fingerprint density at radius 3 is 2.50 bits per heavy atom. The van der Waals surface area contributed by atoms with Gasteiger partial charge in [-0.15, -0.1) is 0 Å². The molecule has 3 aromatic carbocycles. The fourth-order valence-electron chi connectivity index (χ4n) is 3.55. The zero-order valence-electron chi connectivity index (χ0n) is 19.4. The predicted molar refractivity (Wildman–Crippen MR) is 149 cm³/mol. The van der Waals surface area contributed by atoms with Crippen molar-refractivity contribution < 1.29 is 19.1 Å². The third kappa shape index (κ3) is 6.46. The molecule has 0 atom stereocenters. The van der Waals surface area contributed by atoms with Gasteiger partial charge >= 0.3 is 0 Å². The number of hydrogen-bond donors (Lipinski definition) is 1. The fraction of sp³-hybridized carbons (Fsp3) is 0.148. The monoisotopic (exact) mass is 538 g/mol. The van der Waals surface area contributed by atoms with Gasteiger partial charge in [-0.3, -0.25) is 14.5 Å². The Hall–Kier alpha value is -3.33. The highest BCUT2D eigenvalue weighted by Gasteiger charge is 2.31. The number of thioether (sulfide) groups is 1. The largest absolute Gasteiger partial charge is 0.493 e. The molecule has 184 valence electrons. The summed E-state index contributed by atoms with van der Waals surface area (Å²) in [5, 5.41) is 3.01. The van der Waals surface area contributed by atoms with E-state index in [2.05, 4.69) is 5.32 Å². The summed E-state index contributed by atoms with van der Waals surface area (Å²) in [6.45, 7) is 0.262. The van der Waals surface area contributed by atoms with Gasteiger partial charge in [-0.25, -0.2) is 0 Å². The summed E-state index contributed by atoms with van der Waals surface area (Å²) in [5.41, 5.74) is 2.46. The standard InChI is InChI=1S/C27H23ClN2O4S2/c1-33-22-15-19(14-21(28)25(22)34-17-24(31)29-20-10-6-3-7-11-20)16-23-26(32)30(27(35)36-23)13-12-18-8-4-2-5-9-18/h2-11,14-16H,12-13,17H2,1H3,(H,29,31)/b23-16-. The first-order valence-corrected chi connectivity index (χ1v) is 12.7. The molecule has 1 fully saturated rings. The average Bonchev–Trinajstić information content (AvgIpc) is 3.14. The maximum absolute atomic E-state index is 13.0. The van der Waals surface area contributed by atoms with Crippen LogP contribution < -0.4 is 14.8 Å². The molecule has 1 N–H and O–H groups in total. The van der Waals surface area contributed by atoms with Crippen molar-refractivity contribution in [3.8, 4) is 11.5 Å². The van der Waals surface area contributed by atoms with Gasteiger partial charge in [0.05, 0.1) is 17.0 Å². The Bertz CT molecular complexity index is 1300. The molecule has 0 saturated carbocycles. The van der Waals surface area contributed by atoms with Gasteiger partial charge in [0.25, 0.3) is 11.8 Å². The number of carbonyl (C=O) groups excluding carboxylic acids is 2. The van der Waals surface area contributed by atoms with Crippen LogP contribution in [0, 0.1) is 0 Å². The summed E-state index contributed by atoms with van der Waals surface area (Å²) in [5.74, 6) is 0.118. The molecular formula is C27H23ClN2O4S2. The predicted octanol–water partition coefficient (Wildman–Crippen LogP) is 5.81. The summed E-state index contributed by atoms with van der Waals surface area (Å²) in [6, 6.07) is 22.4. The lowest BCUT2D eigenvalue weighted by Crippen LogP contribution is -2.30. The maximum Gasteiger partial charge on any atom is 0.266 e. The van der Waals surface area contributed by atoms with Crippen LogP contribution in [0.5, 0.6) is 11.5 Å². The number of amides is 2. The lowest BCUT2D eigenvalue weighted by molar-refractivity contribution is -0.122. The van der Waals surface area contributed by atoms with Crippen molar-refractivity contribution in [1.29, 1.82) is 0 Å². The molecular weight excluding hydrogens is 516 g/mol. The molecule has 0 spiro atoms. The molecule has 3 aromatic rings. The zero-order valence-corrected chi connectivity index (χ0v) is 21.8. The topological polar surface area (TPSA) is 67.9 Å². The van der Waals surface area contributed by atoms with Crippen molar-refractivity contribution in [2.75, 3.05) is 25.6 Å². The second kappa shape index (κ2) is 12.1. The molecule has 1 saturated heterocycles. The van der Waals surface area contributed by atoms with E-state index in [1.165, 1.54) is 18.9 Å². The smallest absolute Gasteiger partial charge is 0.266 e. The third-order valence-corrected chi connectivity index (χ3v) is 6.95. The number of benzene rings is 3. The highest BCUT2D eigenvalue weighted by molar-refractivity contribution is 8.26. The van der Waals surface area contributed by atoms with Crippen LogP contribution in [-0.2, 0) is 16.0 Å². The SMILES string of the molecule is COc1cc(/C=C2\SC(=S)N(CCc3ccccc3)C2=O)cc(Cl)c1OCC(=O)Nc1ccccc1. The Balaban J connectivity index is 1.43. The third-order valence-electron chi connectivity index (χ3n) is 5.30. The van der Waals surface area contributed by atoms with Crippen LogP contribution in [-0.4, -0.2) is 41.3 Å². The molecule has 0 radical (unpaired) electrons. The average molecular weight is 539 g/mol. The van der Waals surface area contributed by atoms with E-state index in [0.717, 1.165) is 5.56 Å². The van der Waals surface area contributed by atoms with Crippen molar-refractivity contribution in [2.24, 2.45) is 0 Å². The highest BCUT2D eigenvalue weighted by atomic mass is 35.5. The molecule has 2 amide bonds. The molecule has 9 heteroatoms. The molecule has 0 aromatic heterocycles. The van der Waals surface area contributed by atoms with Crippen LogP contribution in [0.4, 0.5) is 5.69 Å². The first-order chi connectivity index (χ1) is 17.4. The number of nitrogens with zero attached hydrogens (tertiary/aromatic N) is 1. The van der Waals surface area contributed by atoms with Crippen LogP contribution in [0.1, 0.15) is 11.1 Å². The van der Waals surface area contributed by atoms with Crippen LogP contribution >= 0.6 is 35.6 Å². The van der Waals surface area contributed by atoms with E-state index in [4.69, 9.17) is 33.3 Å². The first kappa shape index (κ1) is 25.8. The number of nitrogens with one attached hydrogen (secondary N) is 1. The second-order valence-corrected chi connectivity index (χ2v) is 9.89. The van der Waals surface area contributed by atoms with Gasteiger partial charge in [-0.1, -0.05) is 84.1 Å². The van der Waals surface area contributed by atoms with E-state index >= 15 is 0 Å². The number of anilines is 1.